The smallest absolute Gasteiger partial charge is 0.307 e. The van der Waals surface area contributed by atoms with Gasteiger partial charge in [-0.2, -0.15) is 0 Å². The zero-order chi connectivity index (χ0) is 13.0. The maximum atomic E-state index is 11.7. The van der Waals surface area contributed by atoms with Crippen LogP contribution in [0.4, 0.5) is 0 Å². The van der Waals surface area contributed by atoms with Crippen molar-refractivity contribution in [1.82, 2.24) is 10.2 Å². The zero-order valence-corrected chi connectivity index (χ0v) is 10.4. The molecule has 0 aromatic rings. The predicted molar refractivity (Wildman–Crippen MR) is 64.2 cm³/mol. The van der Waals surface area contributed by atoms with E-state index in [1.54, 1.807) is 0 Å². The first kappa shape index (κ1) is 13.3. The number of amides is 1. The highest BCUT2D eigenvalue weighted by molar-refractivity contribution is 5.78. The first-order valence-corrected chi connectivity index (χ1v) is 6.48. The molecule has 0 bridgehead atoms. The van der Waals surface area contributed by atoms with E-state index < -0.39 is 5.97 Å². The molecule has 1 amide bonds. The molecule has 0 aromatic heterocycles. The van der Waals surface area contributed by atoms with Crippen LogP contribution in [-0.4, -0.2) is 60.8 Å². The number of carboxylic acids is 1. The molecular formula is C12H20N2O4. The number of carboxylic acid groups (broad SMARTS) is 1. The third-order valence-electron chi connectivity index (χ3n) is 3.54. The average Bonchev–Trinajstić information content (AvgIpc) is 2.96. The van der Waals surface area contributed by atoms with Gasteiger partial charge in [-0.1, -0.05) is 0 Å². The molecule has 2 N–H and O–H groups in total. The van der Waals surface area contributed by atoms with Crippen molar-refractivity contribution >= 4 is 11.9 Å². The van der Waals surface area contributed by atoms with E-state index in [1.165, 1.54) is 0 Å². The van der Waals surface area contributed by atoms with Crippen molar-refractivity contribution in [2.24, 2.45) is 5.92 Å². The molecule has 0 aliphatic carbocycles. The van der Waals surface area contributed by atoms with Crippen molar-refractivity contribution in [3.05, 3.63) is 0 Å². The minimum atomic E-state index is -0.766. The van der Waals surface area contributed by atoms with E-state index in [0.717, 1.165) is 19.4 Å². The lowest BCUT2D eigenvalue weighted by atomic mass is 10.1. The SMILES string of the molecule is O=C(CN1CCC(C(=O)O)C1)NCC1CCCO1. The maximum absolute atomic E-state index is 11.7. The number of carbonyl (C=O) groups is 2. The van der Waals surface area contributed by atoms with Crippen molar-refractivity contribution in [2.75, 3.05) is 32.8 Å². The molecule has 2 rings (SSSR count). The van der Waals surface area contributed by atoms with Crippen molar-refractivity contribution < 1.29 is 19.4 Å². The third kappa shape index (κ3) is 3.68. The molecule has 0 saturated carbocycles. The Morgan fingerprint density at radius 2 is 2.22 bits per heavy atom. The molecular weight excluding hydrogens is 236 g/mol. The molecule has 2 saturated heterocycles. The lowest BCUT2D eigenvalue weighted by molar-refractivity contribution is -0.141. The fourth-order valence-corrected chi connectivity index (χ4v) is 2.47. The predicted octanol–water partition coefficient (Wildman–Crippen LogP) is -0.312. The van der Waals surface area contributed by atoms with Gasteiger partial charge in [0.05, 0.1) is 18.6 Å². The van der Waals surface area contributed by atoms with Gasteiger partial charge in [-0.05, 0) is 25.8 Å². The van der Waals surface area contributed by atoms with Gasteiger partial charge in [0, 0.05) is 19.7 Å². The fraction of sp³-hybridized carbons (Fsp3) is 0.833. The Morgan fingerprint density at radius 3 is 2.83 bits per heavy atom. The lowest BCUT2D eigenvalue weighted by Crippen LogP contribution is -2.39. The highest BCUT2D eigenvalue weighted by atomic mass is 16.5. The number of carbonyl (C=O) groups excluding carboxylic acids is 1. The van der Waals surface area contributed by atoms with Crippen LogP contribution < -0.4 is 5.32 Å². The summed E-state index contributed by atoms with van der Waals surface area (Å²) in [4.78, 5) is 24.4. The van der Waals surface area contributed by atoms with Gasteiger partial charge in [0.25, 0.3) is 0 Å². The second-order valence-corrected chi connectivity index (χ2v) is 5.00. The number of nitrogens with zero attached hydrogens (tertiary/aromatic N) is 1. The monoisotopic (exact) mass is 256 g/mol. The van der Waals surface area contributed by atoms with Crippen molar-refractivity contribution in [3.8, 4) is 0 Å². The standard InChI is InChI=1S/C12H20N2O4/c15-11(13-6-10-2-1-5-18-10)8-14-4-3-9(7-14)12(16)17/h9-10H,1-8H2,(H,13,15)(H,16,17). The first-order valence-electron chi connectivity index (χ1n) is 6.48. The summed E-state index contributed by atoms with van der Waals surface area (Å²) in [5.41, 5.74) is 0. The summed E-state index contributed by atoms with van der Waals surface area (Å²) in [5, 5.41) is 11.7. The molecule has 0 spiro atoms. The lowest BCUT2D eigenvalue weighted by Gasteiger charge is -2.16. The quantitative estimate of drug-likeness (QED) is 0.705. The van der Waals surface area contributed by atoms with Crippen LogP contribution in [0, 0.1) is 5.92 Å². The van der Waals surface area contributed by atoms with Crippen LogP contribution in [-0.2, 0) is 14.3 Å². The number of nitrogens with one attached hydrogen (secondary N) is 1. The normalized spacial score (nSPS) is 28.4. The summed E-state index contributed by atoms with van der Waals surface area (Å²) in [6.07, 6.45) is 2.85. The molecule has 2 aliphatic rings. The molecule has 6 heteroatoms. The Bertz CT molecular complexity index is 315. The van der Waals surface area contributed by atoms with Gasteiger partial charge in [-0.25, -0.2) is 0 Å². The van der Waals surface area contributed by atoms with Gasteiger partial charge in [0.15, 0.2) is 0 Å². The van der Waals surface area contributed by atoms with E-state index >= 15 is 0 Å². The molecule has 18 heavy (non-hydrogen) atoms. The van der Waals surface area contributed by atoms with Crippen LogP contribution >= 0.6 is 0 Å². The van der Waals surface area contributed by atoms with Gasteiger partial charge in [-0.3, -0.25) is 14.5 Å². The van der Waals surface area contributed by atoms with E-state index in [9.17, 15) is 9.59 Å². The molecule has 6 nitrogen and oxygen atoms in total. The molecule has 2 aliphatic heterocycles. The van der Waals surface area contributed by atoms with Crippen LogP contribution in [0.15, 0.2) is 0 Å². The minimum Gasteiger partial charge on any atom is -0.481 e. The summed E-state index contributed by atoms with van der Waals surface area (Å²) in [7, 11) is 0. The highest BCUT2D eigenvalue weighted by Crippen LogP contribution is 2.15. The summed E-state index contributed by atoms with van der Waals surface area (Å²) in [6, 6.07) is 0. The maximum Gasteiger partial charge on any atom is 0.307 e. The Morgan fingerprint density at radius 1 is 1.39 bits per heavy atom. The van der Waals surface area contributed by atoms with Crippen LogP contribution in [0.3, 0.4) is 0 Å². The Hall–Kier alpha value is -1.14. The van der Waals surface area contributed by atoms with Crippen LogP contribution in [0.2, 0.25) is 0 Å². The second-order valence-electron chi connectivity index (χ2n) is 5.00. The Balaban J connectivity index is 1.63. The molecule has 2 atom stereocenters. The highest BCUT2D eigenvalue weighted by Gasteiger charge is 2.29. The molecule has 0 aromatic carbocycles. The van der Waals surface area contributed by atoms with Crippen LogP contribution in [0.1, 0.15) is 19.3 Å². The largest absolute Gasteiger partial charge is 0.481 e. The van der Waals surface area contributed by atoms with E-state index in [-0.39, 0.29) is 24.5 Å². The Kier molecular flexibility index (Phi) is 4.54. The van der Waals surface area contributed by atoms with E-state index in [0.29, 0.717) is 26.1 Å². The summed E-state index contributed by atoms with van der Waals surface area (Å²) >= 11 is 0. The molecule has 102 valence electrons. The average molecular weight is 256 g/mol. The van der Waals surface area contributed by atoms with E-state index in [4.69, 9.17) is 9.84 Å². The number of rotatable bonds is 5. The Labute approximate surface area is 106 Å². The van der Waals surface area contributed by atoms with Gasteiger partial charge in [0.2, 0.25) is 5.91 Å². The molecule has 0 radical (unpaired) electrons. The molecule has 2 unspecified atom stereocenters. The number of aliphatic carboxylic acids is 1. The summed E-state index contributed by atoms with van der Waals surface area (Å²) in [6.45, 7) is 2.80. The topological polar surface area (TPSA) is 78.9 Å². The van der Waals surface area contributed by atoms with Crippen molar-refractivity contribution in [1.29, 1.82) is 0 Å². The van der Waals surface area contributed by atoms with Gasteiger partial charge < -0.3 is 15.2 Å². The summed E-state index contributed by atoms with van der Waals surface area (Å²) < 4.78 is 5.42. The number of likely N-dealkylation sites (tertiary alicyclic amines) is 1. The molecule has 2 heterocycles. The van der Waals surface area contributed by atoms with Gasteiger partial charge in [0.1, 0.15) is 0 Å². The minimum absolute atomic E-state index is 0.0449. The third-order valence-corrected chi connectivity index (χ3v) is 3.54. The fourth-order valence-electron chi connectivity index (χ4n) is 2.47. The van der Waals surface area contributed by atoms with Crippen LogP contribution in [0.25, 0.3) is 0 Å². The van der Waals surface area contributed by atoms with Gasteiger partial charge >= 0.3 is 5.97 Å². The first-order chi connectivity index (χ1) is 8.65. The second kappa shape index (κ2) is 6.15. The molecule has 2 fully saturated rings. The van der Waals surface area contributed by atoms with Crippen molar-refractivity contribution in [2.45, 2.75) is 25.4 Å². The summed E-state index contributed by atoms with van der Waals surface area (Å²) in [5.74, 6) is -1.13. The van der Waals surface area contributed by atoms with E-state index in [1.807, 2.05) is 4.90 Å². The van der Waals surface area contributed by atoms with Crippen molar-refractivity contribution in [3.63, 3.8) is 0 Å². The van der Waals surface area contributed by atoms with Crippen LogP contribution in [0.5, 0.6) is 0 Å². The number of ether oxygens (including phenoxy) is 1. The van der Waals surface area contributed by atoms with Gasteiger partial charge in [-0.15, -0.1) is 0 Å². The van der Waals surface area contributed by atoms with E-state index in [2.05, 4.69) is 5.32 Å². The zero-order valence-electron chi connectivity index (χ0n) is 10.4. The number of hydrogen-bond donors (Lipinski definition) is 2. The number of hydrogen-bond acceptors (Lipinski definition) is 4.